The predicted molar refractivity (Wildman–Crippen MR) is 55.0 cm³/mol. The summed E-state index contributed by atoms with van der Waals surface area (Å²) in [5.74, 6) is 2.66. The van der Waals surface area contributed by atoms with Crippen LogP contribution >= 0.6 is 0 Å². The molecule has 0 heterocycles. The Labute approximate surface area is 77.1 Å². The highest BCUT2D eigenvalue weighted by molar-refractivity contribution is 4.86. The molecule has 0 amide bonds. The maximum absolute atomic E-state index is 5.21. The molecule has 0 aliphatic carbocycles. The summed E-state index contributed by atoms with van der Waals surface area (Å²) in [6, 6.07) is 0.575. The molecule has 0 spiro atoms. The zero-order valence-corrected chi connectivity index (χ0v) is 9.02. The van der Waals surface area contributed by atoms with Gasteiger partial charge in [0.2, 0.25) is 0 Å². The molecular weight excluding hydrogens is 146 g/mol. The van der Waals surface area contributed by atoms with Gasteiger partial charge in [-0.2, -0.15) is 0 Å². The molecule has 0 aromatic heterocycles. The maximum Gasteiger partial charge on any atom is 0.0214 e. The molecule has 1 unspecified atom stereocenters. The Balaban J connectivity index is 3.94. The molecule has 0 bridgehead atoms. The number of rotatable bonds is 3. The van der Waals surface area contributed by atoms with Crippen LogP contribution in [0.25, 0.3) is 0 Å². The third-order valence-electron chi connectivity index (χ3n) is 2.52. The van der Waals surface area contributed by atoms with Crippen LogP contribution in [-0.4, -0.2) is 24.5 Å². The van der Waals surface area contributed by atoms with Gasteiger partial charge >= 0.3 is 0 Å². The van der Waals surface area contributed by atoms with Gasteiger partial charge in [-0.15, -0.1) is 12.3 Å². The Hall–Kier alpha value is -0.480. The monoisotopic (exact) mass is 167 g/mol. The van der Waals surface area contributed by atoms with E-state index in [0.717, 1.165) is 13.0 Å². The first-order valence-corrected chi connectivity index (χ1v) is 4.53. The molecule has 1 atom stereocenters. The molecule has 0 N–H and O–H groups in total. The Bertz CT molecular complexity index is 159. The Morgan fingerprint density at radius 1 is 1.42 bits per heavy atom. The Kier molecular flexibility index (Phi) is 4.34. The summed E-state index contributed by atoms with van der Waals surface area (Å²) in [5.41, 5.74) is 0.337. The predicted octanol–water partition coefficient (Wildman–Crippen LogP) is 2.38. The molecule has 1 nitrogen and oxygen atoms in total. The zero-order valence-electron chi connectivity index (χ0n) is 9.02. The minimum absolute atomic E-state index is 0.337. The molecule has 12 heavy (non-hydrogen) atoms. The molecular formula is C11H21N. The smallest absolute Gasteiger partial charge is 0.0214 e. The van der Waals surface area contributed by atoms with Crippen molar-refractivity contribution < 1.29 is 0 Å². The fourth-order valence-corrected chi connectivity index (χ4v) is 1.10. The lowest BCUT2D eigenvalue weighted by Gasteiger charge is -2.35. The number of nitrogens with zero attached hydrogens (tertiary/aromatic N) is 1. The lowest BCUT2D eigenvalue weighted by molar-refractivity contribution is 0.144. The Morgan fingerprint density at radius 3 is 2.25 bits per heavy atom. The zero-order chi connectivity index (χ0) is 9.78. The van der Waals surface area contributed by atoms with E-state index >= 15 is 0 Å². The van der Waals surface area contributed by atoms with Crippen molar-refractivity contribution in [2.24, 2.45) is 5.41 Å². The summed E-state index contributed by atoms with van der Waals surface area (Å²) >= 11 is 0. The maximum atomic E-state index is 5.21. The highest BCUT2D eigenvalue weighted by Crippen LogP contribution is 2.22. The first-order valence-electron chi connectivity index (χ1n) is 4.53. The summed E-state index contributed by atoms with van der Waals surface area (Å²) in [4.78, 5) is 2.32. The normalized spacial score (nSPS) is 14.4. The molecule has 0 aliphatic rings. The van der Waals surface area contributed by atoms with Crippen LogP contribution in [0.5, 0.6) is 0 Å². The fourth-order valence-electron chi connectivity index (χ4n) is 1.10. The largest absolute Gasteiger partial charge is 0.302 e. The van der Waals surface area contributed by atoms with Gasteiger partial charge in [-0.05, 0) is 19.4 Å². The number of hydrogen-bond acceptors (Lipinski definition) is 1. The highest BCUT2D eigenvalue weighted by atomic mass is 15.1. The van der Waals surface area contributed by atoms with Crippen LogP contribution in [0.4, 0.5) is 0 Å². The van der Waals surface area contributed by atoms with Crippen molar-refractivity contribution in [3.05, 3.63) is 0 Å². The summed E-state index contributed by atoms with van der Waals surface area (Å²) in [5, 5.41) is 0. The average Bonchev–Trinajstić information content (AvgIpc) is 1.97. The molecule has 0 saturated heterocycles. The molecule has 0 aromatic rings. The van der Waals surface area contributed by atoms with E-state index < -0.39 is 0 Å². The van der Waals surface area contributed by atoms with Crippen molar-refractivity contribution in [3.63, 3.8) is 0 Å². The van der Waals surface area contributed by atoms with E-state index in [2.05, 4.69) is 45.6 Å². The molecule has 0 fully saturated rings. The molecule has 0 saturated carbocycles. The quantitative estimate of drug-likeness (QED) is 0.583. The van der Waals surface area contributed by atoms with Crippen molar-refractivity contribution in [1.82, 2.24) is 4.90 Å². The fraction of sp³-hybridized carbons (Fsp3) is 0.818. The second kappa shape index (κ2) is 4.52. The van der Waals surface area contributed by atoms with E-state index in [4.69, 9.17) is 6.42 Å². The second-order valence-corrected chi connectivity index (χ2v) is 4.48. The highest BCUT2D eigenvalue weighted by Gasteiger charge is 2.22. The van der Waals surface area contributed by atoms with Crippen molar-refractivity contribution in [2.45, 2.75) is 40.2 Å². The van der Waals surface area contributed by atoms with Gasteiger partial charge in [-0.3, -0.25) is 0 Å². The average molecular weight is 167 g/mol. The van der Waals surface area contributed by atoms with Crippen LogP contribution in [0.2, 0.25) is 0 Å². The number of hydrogen-bond donors (Lipinski definition) is 0. The van der Waals surface area contributed by atoms with Crippen LogP contribution in [0.1, 0.15) is 34.1 Å². The minimum Gasteiger partial charge on any atom is -0.302 e. The third-order valence-corrected chi connectivity index (χ3v) is 2.52. The summed E-state index contributed by atoms with van der Waals surface area (Å²) < 4.78 is 0. The van der Waals surface area contributed by atoms with Gasteiger partial charge in [0.25, 0.3) is 0 Å². The van der Waals surface area contributed by atoms with Gasteiger partial charge in [0, 0.05) is 19.0 Å². The topological polar surface area (TPSA) is 3.24 Å². The molecule has 0 aliphatic heterocycles. The first kappa shape index (κ1) is 11.5. The van der Waals surface area contributed by atoms with Gasteiger partial charge in [0.05, 0.1) is 0 Å². The standard InChI is InChI=1S/C11H21N/c1-7-8-9-12(6)10(2)11(3,4)5/h1,10H,8-9H2,2-6H3. The molecule has 1 heteroatoms. The molecule has 0 aromatic carbocycles. The number of terminal acetylenes is 1. The van der Waals surface area contributed by atoms with Crippen LogP contribution in [0.15, 0.2) is 0 Å². The Morgan fingerprint density at radius 2 is 1.92 bits per heavy atom. The van der Waals surface area contributed by atoms with Crippen molar-refractivity contribution >= 4 is 0 Å². The van der Waals surface area contributed by atoms with Gasteiger partial charge < -0.3 is 4.90 Å². The lowest BCUT2D eigenvalue weighted by Crippen LogP contribution is -2.39. The van der Waals surface area contributed by atoms with E-state index in [1.807, 2.05) is 0 Å². The van der Waals surface area contributed by atoms with Crippen molar-refractivity contribution in [2.75, 3.05) is 13.6 Å². The van der Waals surface area contributed by atoms with Crippen molar-refractivity contribution in [1.29, 1.82) is 0 Å². The molecule has 0 rings (SSSR count). The molecule has 70 valence electrons. The van der Waals surface area contributed by atoms with E-state index in [1.165, 1.54) is 0 Å². The van der Waals surface area contributed by atoms with E-state index in [9.17, 15) is 0 Å². The van der Waals surface area contributed by atoms with Crippen LogP contribution < -0.4 is 0 Å². The third kappa shape index (κ3) is 3.78. The summed E-state index contributed by atoms with van der Waals surface area (Å²) in [6.07, 6.45) is 6.05. The lowest BCUT2D eigenvalue weighted by atomic mass is 9.87. The van der Waals surface area contributed by atoms with E-state index in [0.29, 0.717) is 11.5 Å². The summed E-state index contributed by atoms with van der Waals surface area (Å²) in [7, 11) is 2.13. The van der Waals surface area contributed by atoms with Crippen molar-refractivity contribution in [3.8, 4) is 12.3 Å². The molecule has 0 radical (unpaired) electrons. The van der Waals surface area contributed by atoms with Crippen LogP contribution in [0, 0.1) is 17.8 Å². The summed E-state index contributed by atoms with van der Waals surface area (Å²) in [6.45, 7) is 10.0. The van der Waals surface area contributed by atoms with Gasteiger partial charge in [-0.25, -0.2) is 0 Å². The first-order chi connectivity index (χ1) is 5.39. The van der Waals surface area contributed by atoms with Crippen LogP contribution in [-0.2, 0) is 0 Å². The van der Waals surface area contributed by atoms with Crippen LogP contribution in [0.3, 0.4) is 0 Å². The van der Waals surface area contributed by atoms with Gasteiger partial charge in [-0.1, -0.05) is 20.8 Å². The van der Waals surface area contributed by atoms with Gasteiger partial charge in [0.15, 0.2) is 0 Å². The van der Waals surface area contributed by atoms with E-state index in [1.54, 1.807) is 0 Å². The SMILES string of the molecule is C#CCCN(C)C(C)C(C)(C)C. The minimum atomic E-state index is 0.337. The second-order valence-electron chi connectivity index (χ2n) is 4.48. The van der Waals surface area contributed by atoms with Gasteiger partial charge in [0.1, 0.15) is 0 Å². The van der Waals surface area contributed by atoms with E-state index in [-0.39, 0.29) is 0 Å².